The van der Waals surface area contributed by atoms with E-state index in [2.05, 4.69) is 0 Å². The van der Waals surface area contributed by atoms with Crippen LogP contribution in [0.5, 0.6) is 5.75 Å². The molecule has 12 heavy (non-hydrogen) atoms. The Morgan fingerprint density at radius 1 is 1.58 bits per heavy atom. The Bertz CT molecular complexity index is 265. The van der Waals surface area contributed by atoms with Gasteiger partial charge in [-0.3, -0.25) is 0 Å². The fourth-order valence-corrected chi connectivity index (χ4v) is 1.53. The van der Waals surface area contributed by atoms with Crippen molar-refractivity contribution < 1.29 is 9.13 Å². The summed E-state index contributed by atoms with van der Waals surface area (Å²) >= 11 is 2.01. The van der Waals surface area contributed by atoms with Gasteiger partial charge in [-0.05, 0) is 34.7 Å². The number of hydrogen-bond acceptors (Lipinski definition) is 2. The van der Waals surface area contributed by atoms with E-state index in [1.54, 1.807) is 13.2 Å². The lowest BCUT2D eigenvalue weighted by molar-refractivity contribution is 0.409. The van der Waals surface area contributed by atoms with Crippen LogP contribution in [0.25, 0.3) is 0 Å². The molecular formula is C8H9FINO. The van der Waals surface area contributed by atoms with Crippen molar-refractivity contribution in [3.8, 4) is 5.75 Å². The molecule has 1 aromatic carbocycles. The second kappa shape index (κ2) is 4.04. The van der Waals surface area contributed by atoms with Gasteiger partial charge in [0.1, 0.15) is 11.6 Å². The smallest absolute Gasteiger partial charge is 0.132 e. The number of hydrogen-bond donors (Lipinski definition) is 1. The van der Waals surface area contributed by atoms with Crippen molar-refractivity contribution in [3.05, 3.63) is 27.1 Å². The van der Waals surface area contributed by atoms with Crippen molar-refractivity contribution in [1.29, 1.82) is 0 Å². The first-order valence-corrected chi connectivity index (χ1v) is 4.49. The van der Waals surface area contributed by atoms with E-state index in [9.17, 15) is 4.39 Å². The molecule has 0 aromatic heterocycles. The predicted molar refractivity (Wildman–Crippen MR) is 53.6 cm³/mol. The number of methoxy groups -OCH3 is 1. The van der Waals surface area contributed by atoms with Crippen LogP contribution < -0.4 is 10.5 Å². The molecule has 0 bridgehead atoms. The van der Waals surface area contributed by atoms with Crippen LogP contribution in [0, 0.1) is 9.39 Å². The van der Waals surface area contributed by atoms with Gasteiger partial charge in [0.15, 0.2) is 0 Å². The molecular weight excluding hydrogens is 272 g/mol. The molecule has 0 atom stereocenters. The van der Waals surface area contributed by atoms with E-state index in [4.69, 9.17) is 10.5 Å². The van der Waals surface area contributed by atoms with Gasteiger partial charge in [-0.15, -0.1) is 0 Å². The van der Waals surface area contributed by atoms with Gasteiger partial charge in [0.2, 0.25) is 0 Å². The first-order valence-electron chi connectivity index (χ1n) is 3.41. The van der Waals surface area contributed by atoms with E-state index in [1.165, 1.54) is 6.07 Å². The minimum Gasteiger partial charge on any atom is -0.496 e. The minimum atomic E-state index is -0.275. The molecule has 66 valence electrons. The summed E-state index contributed by atoms with van der Waals surface area (Å²) in [6.45, 7) is 0.194. The lowest BCUT2D eigenvalue weighted by Crippen LogP contribution is -2.01. The third-order valence-electron chi connectivity index (χ3n) is 1.54. The van der Waals surface area contributed by atoms with Crippen molar-refractivity contribution in [2.75, 3.05) is 7.11 Å². The van der Waals surface area contributed by atoms with Gasteiger partial charge in [0.05, 0.1) is 10.7 Å². The van der Waals surface area contributed by atoms with Crippen LogP contribution in [0.2, 0.25) is 0 Å². The first kappa shape index (κ1) is 9.73. The minimum absolute atomic E-state index is 0.194. The van der Waals surface area contributed by atoms with Gasteiger partial charge in [0.25, 0.3) is 0 Å². The summed E-state index contributed by atoms with van der Waals surface area (Å²) in [5.41, 5.74) is 5.81. The summed E-state index contributed by atoms with van der Waals surface area (Å²) < 4.78 is 18.8. The summed E-state index contributed by atoms with van der Waals surface area (Å²) in [5.74, 6) is 0.389. The van der Waals surface area contributed by atoms with E-state index in [-0.39, 0.29) is 12.4 Å². The summed E-state index contributed by atoms with van der Waals surface area (Å²) in [6.07, 6.45) is 0. The zero-order valence-electron chi connectivity index (χ0n) is 6.60. The fourth-order valence-electron chi connectivity index (χ4n) is 0.884. The van der Waals surface area contributed by atoms with Gasteiger partial charge in [-0.25, -0.2) is 4.39 Å². The van der Waals surface area contributed by atoms with Crippen LogP contribution in [0.4, 0.5) is 4.39 Å². The maximum atomic E-state index is 13.0. The molecule has 0 unspecified atom stereocenters. The molecule has 1 rings (SSSR count). The Morgan fingerprint density at radius 3 is 2.75 bits per heavy atom. The van der Waals surface area contributed by atoms with Crippen LogP contribution >= 0.6 is 22.6 Å². The number of benzene rings is 1. The van der Waals surface area contributed by atoms with Gasteiger partial charge < -0.3 is 10.5 Å². The zero-order chi connectivity index (χ0) is 9.14. The zero-order valence-corrected chi connectivity index (χ0v) is 8.76. The number of halogens is 2. The van der Waals surface area contributed by atoms with E-state index in [0.29, 0.717) is 11.3 Å². The molecule has 0 saturated heterocycles. The maximum absolute atomic E-state index is 13.0. The molecule has 2 nitrogen and oxygen atoms in total. The van der Waals surface area contributed by atoms with Crippen LogP contribution in [0.15, 0.2) is 12.1 Å². The molecule has 0 saturated carbocycles. The van der Waals surface area contributed by atoms with Crippen LogP contribution in [0.3, 0.4) is 0 Å². The average molecular weight is 281 g/mol. The van der Waals surface area contributed by atoms with Crippen LogP contribution in [-0.2, 0) is 6.54 Å². The van der Waals surface area contributed by atoms with Crippen molar-refractivity contribution in [1.82, 2.24) is 0 Å². The molecule has 4 heteroatoms. The molecule has 0 aliphatic carbocycles. The van der Waals surface area contributed by atoms with Crippen molar-refractivity contribution in [3.63, 3.8) is 0 Å². The molecule has 0 amide bonds. The third kappa shape index (κ3) is 1.87. The number of rotatable bonds is 2. The predicted octanol–water partition coefficient (Wildman–Crippen LogP) is 1.90. The highest BCUT2D eigenvalue weighted by atomic mass is 127. The molecule has 0 aliphatic rings. The summed E-state index contributed by atoms with van der Waals surface area (Å²) in [4.78, 5) is 0. The number of nitrogens with two attached hydrogens (primary N) is 1. The van der Waals surface area contributed by atoms with Crippen molar-refractivity contribution in [2.45, 2.75) is 6.54 Å². The topological polar surface area (TPSA) is 35.2 Å². The molecule has 1 aromatic rings. The fraction of sp³-hybridized carbons (Fsp3) is 0.250. The Balaban J connectivity index is 3.18. The largest absolute Gasteiger partial charge is 0.496 e. The quantitative estimate of drug-likeness (QED) is 0.840. The van der Waals surface area contributed by atoms with E-state index < -0.39 is 0 Å². The van der Waals surface area contributed by atoms with Crippen molar-refractivity contribution in [2.24, 2.45) is 5.73 Å². The average Bonchev–Trinajstić information content (AvgIpc) is 2.05. The summed E-state index contributed by atoms with van der Waals surface area (Å²) in [7, 11) is 1.55. The monoisotopic (exact) mass is 281 g/mol. The molecule has 0 radical (unpaired) electrons. The van der Waals surface area contributed by atoms with Gasteiger partial charge in [0, 0.05) is 12.1 Å². The Kier molecular flexibility index (Phi) is 3.28. The molecule has 0 fully saturated rings. The summed E-state index contributed by atoms with van der Waals surface area (Å²) in [5, 5.41) is 0. The van der Waals surface area contributed by atoms with Crippen molar-refractivity contribution >= 4 is 22.6 Å². The lowest BCUT2D eigenvalue weighted by atomic mass is 10.2. The highest BCUT2D eigenvalue weighted by molar-refractivity contribution is 14.1. The van der Waals surface area contributed by atoms with Gasteiger partial charge >= 0.3 is 0 Å². The van der Waals surface area contributed by atoms with E-state index in [1.807, 2.05) is 22.6 Å². The normalized spacial score (nSPS) is 10.0. The van der Waals surface area contributed by atoms with Gasteiger partial charge in [-0.2, -0.15) is 0 Å². The molecule has 0 heterocycles. The Morgan fingerprint density at radius 2 is 2.25 bits per heavy atom. The van der Waals surface area contributed by atoms with Crippen LogP contribution in [-0.4, -0.2) is 7.11 Å². The highest BCUT2D eigenvalue weighted by Gasteiger charge is 2.06. The number of ether oxygens (including phenoxy) is 1. The lowest BCUT2D eigenvalue weighted by Gasteiger charge is -2.06. The molecule has 2 N–H and O–H groups in total. The van der Waals surface area contributed by atoms with Crippen LogP contribution in [0.1, 0.15) is 5.56 Å². The highest BCUT2D eigenvalue weighted by Crippen LogP contribution is 2.23. The first-order chi connectivity index (χ1) is 5.69. The van der Waals surface area contributed by atoms with E-state index in [0.717, 1.165) is 3.57 Å². The Labute approximate surface area is 84.0 Å². The third-order valence-corrected chi connectivity index (χ3v) is 2.38. The second-order valence-corrected chi connectivity index (χ2v) is 3.44. The Hall–Kier alpha value is -0.360. The van der Waals surface area contributed by atoms with E-state index >= 15 is 0 Å². The summed E-state index contributed by atoms with van der Waals surface area (Å²) in [6, 6.07) is 3.04. The molecule has 0 spiro atoms. The SMILES string of the molecule is COc1cc(CN)c(F)cc1I. The molecule has 0 aliphatic heterocycles. The van der Waals surface area contributed by atoms with Gasteiger partial charge in [-0.1, -0.05) is 0 Å². The second-order valence-electron chi connectivity index (χ2n) is 2.28. The maximum Gasteiger partial charge on any atom is 0.132 e. The standard InChI is InChI=1S/C8H9FINO/c1-12-8-2-5(4-11)6(9)3-7(8)10/h2-3H,4,11H2,1H3.